The molecule has 0 atom stereocenters. The second-order valence-corrected chi connectivity index (χ2v) is 5.66. The normalized spacial score (nSPS) is 19.3. The van der Waals surface area contributed by atoms with E-state index < -0.39 is 0 Å². The van der Waals surface area contributed by atoms with E-state index in [4.69, 9.17) is 4.74 Å². The zero-order valence-corrected chi connectivity index (χ0v) is 11.5. The molecule has 1 aliphatic rings. The van der Waals surface area contributed by atoms with Crippen molar-refractivity contribution in [1.29, 1.82) is 0 Å². The number of hydrogen-bond acceptors (Lipinski definition) is 3. The highest BCUT2D eigenvalue weighted by atomic mass is 19.1. The van der Waals surface area contributed by atoms with Gasteiger partial charge in [-0.3, -0.25) is 9.69 Å². The summed E-state index contributed by atoms with van der Waals surface area (Å²) >= 11 is 0. The summed E-state index contributed by atoms with van der Waals surface area (Å²) in [6.45, 7) is 6.72. The molecule has 0 radical (unpaired) electrons. The Morgan fingerprint density at radius 2 is 2.05 bits per heavy atom. The summed E-state index contributed by atoms with van der Waals surface area (Å²) in [7, 11) is 0. The van der Waals surface area contributed by atoms with Crippen molar-refractivity contribution in [3.63, 3.8) is 0 Å². The predicted molar refractivity (Wildman–Crippen MR) is 71.6 cm³/mol. The molecule has 1 saturated heterocycles. The molecule has 0 unspecified atom stereocenters. The minimum absolute atomic E-state index is 0.157. The Balaban J connectivity index is 1.85. The molecule has 3 nitrogen and oxygen atoms in total. The maximum atomic E-state index is 12.8. The van der Waals surface area contributed by atoms with Crippen LogP contribution in [0.1, 0.15) is 19.4 Å². The Morgan fingerprint density at radius 1 is 1.37 bits per heavy atom. The van der Waals surface area contributed by atoms with Crippen LogP contribution in [0.4, 0.5) is 4.39 Å². The number of nitrogens with zero attached hydrogens (tertiary/aromatic N) is 1. The van der Waals surface area contributed by atoms with Gasteiger partial charge in [0.05, 0.1) is 18.8 Å². The maximum absolute atomic E-state index is 12.8. The number of halogens is 1. The summed E-state index contributed by atoms with van der Waals surface area (Å²) in [6, 6.07) is 6.11. The van der Waals surface area contributed by atoms with Crippen LogP contribution < -0.4 is 0 Å². The smallest absolute Gasteiger partial charge is 0.151 e. The quantitative estimate of drug-likeness (QED) is 0.834. The lowest BCUT2D eigenvalue weighted by molar-refractivity contribution is -0.124. The Morgan fingerprint density at radius 3 is 2.68 bits per heavy atom. The van der Waals surface area contributed by atoms with E-state index in [1.165, 1.54) is 12.1 Å². The van der Waals surface area contributed by atoms with Gasteiger partial charge in [0, 0.05) is 19.5 Å². The molecular weight excluding hydrogens is 245 g/mol. The van der Waals surface area contributed by atoms with Crippen LogP contribution in [-0.4, -0.2) is 42.5 Å². The molecule has 2 rings (SSSR count). The average Bonchev–Trinajstić information content (AvgIpc) is 2.30. The number of carbonyl (C=O) groups is 1. The summed E-state index contributed by atoms with van der Waals surface area (Å²) < 4.78 is 18.4. The summed E-state index contributed by atoms with van der Waals surface area (Å²) in [5.74, 6) is -0.115. The first kappa shape index (κ1) is 14.2. The molecule has 1 aromatic rings. The molecule has 0 aromatic heterocycles. The number of rotatable bonds is 4. The molecule has 1 aromatic carbocycles. The molecule has 104 valence electrons. The van der Waals surface area contributed by atoms with E-state index in [-0.39, 0.29) is 17.2 Å². The molecule has 0 amide bonds. The second-order valence-electron chi connectivity index (χ2n) is 5.66. The highest BCUT2D eigenvalue weighted by Gasteiger charge is 2.27. The van der Waals surface area contributed by atoms with Crippen LogP contribution in [0.25, 0.3) is 0 Å². The largest absolute Gasteiger partial charge is 0.373 e. The van der Waals surface area contributed by atoms with Gasteiger partial charge in [-0.15, -0.1) is 0 Å². The van der Waals surface area contributed by atoms with E-state index in [0.717, 1.165) is 18.7 Å². The highest BCUT2D eigenvalue weighted by Crippen LogP contribution is 2.16. The summed E-state index contributed by atoms with van der Waals surface area (Å²) in [5, 5.41) is 0. The van der Waals surface area contributed by atoms with Gasteiger partial charge >= 0.3 is 0 Å². The van der Waals surface area contributed by atoms with Gasteiger partial charge in [0.1, 0.15) is 5.82 Å². The van der Waals surface area contributed by atoms with Crippen molar-refractivity contribution in [2.24, 2.45) is 0 Å². The van der Waals surface area contributed by atoms with Crippen LogP contribution in [-0.2, 0) is 16.0 Å². The second kappa shape index (κ2) is 5.80. The minimum atomic E-state index is -0.272. The number of Topliss-reactive ketones (excluding diaryl/α,β-unsaturated/α-hetero) is 1. The van der Waals surface area contributed by atoms with E-state index in [0.29, 0.717) is 19.6 Å². The molecule has 0 saturated carbocycles. The Hall–Kier alpha value is -1.26. The molecule has 19 heavy (non-hydrogen) atoms. The third kappa shape index (κ3) is 4.40. The molecule has 0 spiro atoms. The van der Waals surface area contributed by atoms with Crippen LogP contribution in [0.3, 0.4) is 0 Å². The number of carbonyl (C=O) groups excluding carboxylic acids is 1. The number of ether oxygens (including phenoxy) is 1. The topological polar surface area (TPSA) is 29.5 Å². The van der Waals surface area contributed by atoms with Gasteiger partial charge in [-0.1, -0.05) is 12.1 Å². The lowest BCUT2D eigenvalue weighted by atomic mass is 10.1. The van der Waals surface area contributed by atoms with Gasteiger partial charge in [0.2, 0.25) is 0 Å². The van der Waals surface area contributed by atoms with Crippen LogP contribution in [0.5, 0.6) is 0 Å². The van der Waals surface area contributed by atoms with Gasteiger partial charge in [-0.05, 0) is 31.5 Å². The fourth-order valence-electron chi connectivity index (χ4n) is 2.38. The lowest BCUT2D eigenvalue weighted by Crippen LogP contribution is -2.49. The first-order chi connectivity index (χ1) is 8.94. The highest BCUT2D eigenvalue weighted by molar-refractivity contribution is 5.82. The van der Waals surface area contributed by atoms with Crippen molar-refractivity contribution in [2.75, 3.05) is 26.2 Å². The van der Waals surface area contributed by atoms with Crippen molar-refractivity contribution < 1.29 is 13.9 Å². The number of benzene rings is 1. The van der Waals surface area contributed by atoms with Crippen molar-refractivity contribution >= 4 is 5.78 Å². The molecule has 0 aliphatic carbocycles. The van der Waals surface area contributed by atoms with Gasteiger partial charge in [0.15, 0.2) is 5.78 Å². The van der Waals surface area contributed by atoms with Crippen LogP contribution in [0.2, 0.25) is 0 Å². The fraction of sp³-hybridized carbons (Fsp3) is 0.533. The van der Waals surface area contributed by atoms with E-state index in [2.05, 4.69) is 4.90 Å². The maximum Gasteiger partial charge on any atom is 0.151 e. The van der Waals surface area contributed by atoms with Crippen molar-refractivity contribution in [3.8, 4) is 0 Å². The van der Waals surface area contributed by atoms with E-state index in [9.17, 15) is 9.18 Å². The third-order valence-electron chi connectivity index (χ3n) is 3.22. The number of hydrogen-bond donors (Lipinski definition) is 0. The Bertz CT molecular complexity index is 442. The minimum Gasteiger partial charge on any atom is -0.373 e. The van der Waals surface area contributed by atoms with Gasteiger partial charge in [0.25, 0.3) is 0 Å². The summed E-state index contributed by atoms with van der Waals surface area (Å²) in [4.78, 5) is 14.1. The molecule has 1 aliphatic heterocycles. The predicted octanol–water partition coefficient (Wildman–Crippen LogP) is 2.05. The number of ketones is 1. The zero-order valence-electron chi connectivity index (χ0n) is 11.5. The van der Waals surface area contributed by atoms with E-state index >= 15 is 0 Å². The summed E-state index contributed by atoms with van der Waals surface area (Å²) in [5.41, 5.74) is 0.674. The van der Waals surface area contributed by atoms with E-state index in [1.54, 1.807) is 12.1 Å². The molecular formula is C15H20FNO2. The Kier molecular flexibility index (Phi) is 4.32. The fourth-order valence-corrected chi connectivity index (χ4v) is 2.38. The lowest BCUT2D eigenvalue weighted by Gasteiger charge is -2.37. The summed E-state index contributed by atoms with van der Waals surface area (Å²) in [6.07, 6.45) is 0.359. The molecule has 1 heterocycles. The monoisotopic (exact) mass is 265 g/mol. The molecule has 1 fully saturated rings. The van der Waals surface area contributed by atoms with Crippen molar-refractivity contribution in [1.82, 2.24) is 4.90 Å². The van der Waals surface area contributed by atoms with E-state index in [1.807, 2.05) is 13.8 Å². The van der Waals surface area contributed by atoms with Gasteiger partial charge in [-0.25, -0.2) is 4.39 Å². The zero-order chi connectivity index (χ0) is 13.9. The molecule has 4 heteroatoms. The van der Waals surface area contributed by atoms with Crippen LogP contribution >= 0.6 is 0 Å². The third-order valence-corrected chi connectivity index (χ3v) is 3.22. The van der Waals surface area contributed by atoms with Crippen molar-refractivity contribution in [3.05, 3.63) is 35.6 Å². The van der Waals surface area contributed by atoms with Crippen molar-refractivity contribution in [2.45, 2.75) is 25.9 Å². The standard InChI is InChI=1S/C15H20FNO2/c1-15(2)11-17(7-8-19-15)10-14(18)9-12-3-5-13(16)6-4-12/h3-6H,7-11H2,1-2H3. The first-order valence-electron chi connectivity index (χ1n) is 6.57. The average molecular weight is 265 g/mol. The SMILES string of the molecule is CC1(C)CN(CC(=O)Cc2ccc(F)cc2)CCO1. The van der Waals surface area contributed by atoms with Gasteiger partial charge in [-0.2, -0.15) is 0 Å². The molecule has 0 bridgehead atoms. The first-order valence-corrected chi connectivity index (χ1v) is 6.57. The van der Waals surface area contributed by atoms with Crippen LogP contribution in [0, 0.1) is 5.82 Å². The molecule has 0 N–H and O–H groups in total. The van der Waals surface area contributed by atoms with Crippen LogP contribution in [0.15, 0.2) is 24.3 Å². The number of morpholine rings is 1. The Labute approximate surface area is 113 Å². The van der Waals surface area contributed by atoms with Gasteiger partial charge < -0.3 is 4.74 Å².